The van der Waals surface area contributed by atoms with E-state index in [9.17, 15) is 4.79 Å². The number of hydrogen-bond donors (Lipinski definition) is 1. The zero-order valence-corrected chi connectivity index (χ0v) is 6.72. The molecule has 1 saturated carbocycles. The largest absolute Gasteiger partial charge is 0.468 e. The Morgan fingerprint density at radius 1 is 1.55 bits per heavy atom. The van der Waals surface area contributed by atoms with Crippen LogP contribution in [0.25, 0.3) is 0 Å². The van der Waals surface area contributed by atoms with Crippen LogP contribution in [-0.4, -0.2) is 24.7 Å². The molecule has 0 bridgehead atoms. The van der Waals surface area contributed by atoms with E-state index in [1.165, 1.54) is 20.0 Å². The minimum Gasteiger partial charge on any atom is -0.468 e. The molecule has 1 heterocycles. The van der Waals surface area contributed by atoms with E-state index in [1.54, 1.807) is 0 Å². The number of nitrogens with one attached hydrogen (secondary N) is 1. The molecule has 11 heavy (non-hydrogen) atoms. The van der Waals surface area contributed by atoms with Crippen molar-refractivity contribution >= 4 is 5.97 Å². The van der Waals surface area contributed by atoms with Crippen molar-refractivity contribution in [2.45, 2.75) is 37.3 Å². The fourth-order valence-electron chi connectivity index (χ4n) is 2.09. The lowest BCUT2D eigenvalue weighted by molar-refractivity contribution is -0.140. The van der Waals surface area contributed by atoms with Crippen molar-refractivity contribution in [3.8, 4) is 0 Å². The first-order chi connectivity index (χ1) is 5.28. The summed E-state index contributed by atoms with van der Waals surface area (Å²) in [5.41, 5.74) is 0.160. The molecular formula is C8H13NO2. The molecule has 0 aromatic rings. The molecule has 1 aliphatic carbocycles. The van der Waals surface area contributed by atoms with Crippen LogP contribution in [0.15, 0.2) is 0 Å². The van der Waals surface area contributed by atoms with Gasteiger partial charge in [0.2, 0.25) is 0 Å². The van der Waals surface area contributed by atoms with Crippen LogP contribution in [0.2, 0.25) is 0 Å². The van der Waals surface area contributed by atoms with E-state index in [0.29, 0.717) is 0 Å². The molecule has 2 aliphatic rings. The SMILES string of the molecule is COC(=O)C1NC12CCCC2. The van der Waals surface area contributed by atoms with Crippen molar-refractivity contribution in [2.24, 2.45) is 0 Å². The van der Waals surface area contributed by atoms with Gasteiger partial charge < -0.3 is 4.74 Å². The van der Waals surface area contributed by atoms with Crippen molar-refractivity contribution in [1.29, 1.82) is 0 Å². The summed E-state index contributed by atoms with van der Waals surface area (Å²) in [6.45, 7) is 0. The maximum atomic E-state index is 11.1. The summed E-state index contributed by atoms with van der Waals surface area (Å²) >= 11 is 0. The fraction of sp³-hybridized carbons (Fsp3) is 0.875. The molecule has 1 spiro atoms. The Balaban J connectivity index is 1.97. The van der Waals surface area contributed by atoms with E-state index >= 15 is 0 Å². The Morgan fingerprint density at radius 3 is 2.73 bits per heavy atom. The first-order valence-electron chi connectivity index (χ1n) is 4.14. The van der Waals surface area contributed by atoms with E-state index in [-0.39, 0.29) is 17.6 Å². The quantitative estimate of drug-likeness (QED) is 0.441. The van der Waals surface area contributed by atoms with Gasteiger partial charge in [0.15, 0.2) is 0 Å². The molecule has 1 aliphatic heterocycles. The van der Waals surface area contributed by atoms with Crippen molar-refractivity contribution < 1.29 is 9.53 Å². The van der Waals surface area contributed by atoms with Gasteiger partial charge in [0, 0.05) is 5.54 Å². The molecule has 0 radical (unpaired) electrons. The van der Waals surface area contributed by atoms with Gasteiger partial charge in [-0.1, -0.05) is 12.8 Å². The second-order valence-corrected chi connectivity index (χ2v) is 3.46. The van der Waals surface area contributed by atoms with Crippen LogP contribution >= 0.6 is 0 Å². The van der Waals surface area contributed by atoms with Gasteiger partial charge in [0.25, 0.3) is 0 Å². The molecule has 3 heteroatoms. The third kappa shape index (κ3) is 0.948. The molecular weight excluding hydrogens is 142 g/mol. The molecule has 1 saturated heterocycles. The molecule has 1 unspecified atom stereocenters. The average Bonchev–Trinajstić information content (AvgIpc) is 2.48. The predicted molar refractivity (Wildman–Crippen MR) is 40.1 cm³/mol. The Labute approximate surface area is 66.1 Å². The van der Waals surface area contributed by atoms with E-state index in [1.807, 2.05) is 0 Å². The molecule has 2 rings (SSSR count). The number of rotatable bonds is 1. The summed E-state index contributed by atoms with van der Waals surface area (Å²) < 4.78 is 4.66. The van der Waals surface area contributed by atoms with Crippen molar-refractivity contribution in [2.75, 3.05) is 7.11 Å². The summed E-state index contributed by atoms with van der Waals surface area (Å²) in [5, 5.41) is 3.22. The first-order valence-corrected chi connectivity index (χ1v) is 4.14. The van der Waals surface area contributed by atoms with Gasteiger partial charge in [0.05, 0.1) is 7.11 Å². The lowest BCUT2D eigenvalue weighted by atomic mass is 10.0. The maximum absolute atomic E-state index is 11.1. The van der Waals surface area contributed by atoms with E-state index in [4.69, 9.17) is 0 Å². The topological polar surface area (TPSA) is 48.2 Å². The van der Waals surface area contributed by atoms with E-state index in [0.717, 1.165) is 12.8 Å². The second kappa shape index (κ2) is 2.21. The highest BCUT2D eigenvalue weighted by molar-refractivity contribution is 5.81. The number of hydrogen-bond acceptors (Lipinski definition) is 3. The van der Waals surface area contributed by atoms with Gasteiger partial charge in [-0.25, -0.2) is 0 Å². The minimum atomic E-state index is -0.0908. The second-order valence-electron chi connectivity index (χ2n) is 3.46. The van der Waals surface area contributed by atoms with Crippen LogP contribution in [0.1, 0.15) is 25.7 Å². The third-order valence-corrected chi connectivity index (χ3v) is 2.83. The van der Waals surface area contributed by atoms with Gasteiger partial charge in [-0.3, -0.25) is 10.1 Å². The molecule has 2 fully saturated rings. The van der Waals surface area contributed by atoms with Crippen LogP contribution in [0.5, 0.6) is 0 Å². The zero-order chi connectivity index (χ0) is 7.90. The number of methoxy groups -OCH3 is 1. The third-order valence-electron chi connectivity index (χ3n) is 2.83. The van der Waals surface area contributed by atoms with Crippen molar-refractivity contribution in [3.63, 3.8) is 0 Å². The van der Waals surface area contributed by atoms with Gasteiger partial charge in [-0.15, -0.1) is 0 Å². The highest BCUT2D eigenvalue weighted by atomic mass is 16.5. The van der Waals surface area contributed by atoms with Crippen LogP contribution in [-0.2, 0) is 9.53 Å². The zero-order valence-electron chi connectivity index (χ0n) is 6.72. The monoisotopic (exact) mass is 155 g/mol. The Kier molecular flexibility index (Phi) is 1.42. The number of ether oxygens (including phenoxy) is 1. The average molecular weight is 155 g/mol. The minimum absolute atomic E-state index is 0.00926. The van der Waals surface area contributed by atoms with Crippen molar-refractivity contribution in [3.05, 3.63) is 0 Å². The number of carbonyl (C=O) groups excluding carboxylic acids is 1. The van der Waals surface area contributed by atoms with Crippen LogP contribution in [0, 0.1) is 0 Å². The molecule has 0 aromatic heterocycles. The summed E-state index contributed by atoms with van der Waals surface area (Å²) in [4.78, 5) is 11.1. The molecule has 1 atom stereocenters. The summed E-state index contributed by atoms with van der Waals surface area (Å²) in [6, 6.07) is 0.00926. The predicted octanol–water partition coefficient (Wildman–Crippen LogP) is 0.444. The molecule has 1 N–H and O–H groups in total. The summed E-state index contributed by atoms with van der Waals surface area (Å²) in [7, 11) is 1.45. The lowest BCUT2D eigenvalue weighted by Crippen LogP contribution is -2.18. The lowest BCUT2D eigenvalue weighted by Gasteiger charge is -2.01. The maximum Gasteiger partial charge on any atom is 0.324 e. The normalized spacial score (nSPS) is 32.3. The Hall–Kier alpha value is -0.570. The molecule has 0 amide bonds. The van der Waals surface area contributed by atoms with E-state index < -0.39 is 0 Å². The molecule has 3 nitrogen and oxygen atoms in total. The van der Waals surface area contributed by atoms with Crippen LogP contribution < -0.4 is 5.32 Å². The first kappa shape index (κ1) is 7.10. The van der Waals surface area contributed by atoms with Gasteiger partial charge >= 0.3 is 5.97 Å². The molecule has 0 aromatic carbocycles. The van der Waals surface area contributed by atoms with Gasteiger partial charge in [0.1, 0.15) is 6.04 Å². The number of carbonyl (C=O) groups is 1. The van der Waals surface area contributed by atoms with Crippen LogP contribution in [0.4, 0.5) is 0 Å². The fourth-order valence-corrected chi connectivity index (χ4v) is 2.09. The highest BCUT2D eigenvalue weighted by Crippen LogP contribution is 2.42. The number of esters is 1. The Morgan fingerprint density at radius 2 is 2.18 bits per heavy atom. The molecule has 62 valence electrons. The standard InChI is InChI=1S/C8H13NO2/c1-11-7(10)6-8(9-6)4-2-3-5-8/h6,9H,2-5H2,1H3. The summed E-state index contributed by atoms with van der Waals surface area (Å²) in [5.74, 6) is -0.0908. The Bertz CT molecular complexity index is 185. The van der Waals surface area contributed by atoms with Gasteiger partial charge in [-0.2, -0.15) is 0 Å². The van der Waals surface area contributed by atoms with Crippen molar-refractivity contribution in [1.82, 2.24) is 5.32 Å². The van der Waals surface area contributed by atoms with E-state index in [2.05, 4.69) is 10.1 Å². The summed E-state index contributed by atoms with van der Waals surface area (Å²) in [6.07, 6.45) is 4.79. The highest BCUT2D eigenvalue weighted by Gasteiger charge is 2.59. The van der Waals surface area contributed by atoms with Gasteiger partial charge in [-0.05, 0) is 12.8 Å². The smallest absolute Gasteiger partial charge is 0.324 e. The van der Waals surface area contributed by atoms with Crippen LogP contribution in [0.3, 0.4) is 0 Å².